The lowest BCUT2D eigenvalue weighted by molar-refractivity contribution is -0.114. The van der Waals surface area contributed by atoms with Gasteiger partial charge in [-0.1, -0.05) is 6.07 Å². The van der Waals surface area contributed by atoms with Crippen molar-refractivity contribution in [2.24, 2.45) is 11.5 Å². The maximum atomic E-state index is 10.6. The van der Waals surface area contributed by atoms with Crippen molar-refractivity contribution in [3.05, 3.63) is 29.5 Å². The molecule has 74 valence electrons. The minimum absolute atomic E-state index is 0.116. The van der Waals surface area contributed by atoms with Crippen LogP contribution in [0.1, 0.15) is 5.56 Å². The molecule has 6 N–H and O–H groups in total. The Balaban J connectivity index is 3.04. The van der Waals surface area contributed by atoms with Gasteiger partial charge in [0, 0.05) is 0 Å². The number of hydrogen-bond acceptors (Lipinski definition) is 4. The van der Waals surface area contributed by atoms with Gasteiger partial charge in [0.25, 0.3) is 5.91 Å². The molecule has 0 saturated carbocycles. The van der Waals surface area contributed by atoms with Gasteiger partial charge in [0.15, 0.2) is 11.5 Å². The largest absolute Gasteiger partial charge is 0.504 e. The SMILES string of the molecule is NC(=O)C(N)=Cc1ccc(O)c(O)c1. The zero-order valence-corrected chi connectivity index (χ0v) is 7.27. The van der Waals surface area contributed by atoms with E-state index < -0.39 is 5.91 Å². The number of carbonyl (C=O) groups is 1. The molecule has 0 aromatic heterocycles. The van der Waals surface area contributed by atoms with Crippen molar-refractivity contribution < 1.29 is 15.0 Å². The Bertz CT molecular complexity index is 399. The van der Waals surface area contributed by atoms with E-state index >= 15 is 0 Å². The van der Waals surface area contributed by atoms with Crippen molar-refractivity contribution in [3.63, 3.8) is 0 Å². The molecule has 1 aromatic rings. The minimum Gasteiger partial charge on any atom is -0.504 e. The highest BCUT2D eigenvalue weighted by Gasteiger charge is 2.01. The topological polar surface area (TPSA) is 110 Å². The summed E-state index contributed by atoms with van der Waals surface area (Å²) in [7, 11) is 0. The molecule has 0 spiro atoms. The lowest BCUT2D eigenvalue weighted by Crippen LogP contribution is -2.19. The van der Waals surface area contributed by atoms with Crippen LogP contribution >= 0.6 is 0 Å². The van der Waals surface area contributed by atoms with Gasteiger partial charge in [-0.25, -0.2) is 0 Å². The molecule has 0 aliphatic carbocycles. The average molecular weight is 194 g/mol. The highest BCUT2D eigenvalue weighted by Crippen LogP contribution is 2.25. The zero-order chi connectivity index (χ0) is 10.7. The maximum Gasteiger partial charge on any atom is 0.264 e. The molecule has 5 nitrogen and oxygen atoms in total. The number of benzene rings is 1. The van der Waals surface area contributed by atoms with E-state index in [9.17, 15) is 4.79 Å². The van der Waals surface area contributed by atoms with Gasteiger partial charge in [0.2, 0.25) is 0 Å². The van der Waals surface area contributed by atoms with Crippen LogP contribution in [0.4, 0.5) is 0 Å². The van der Waals surface area contributed by atoms with Crippen LogP contribution in [-0.4, -0.2) is 16.1 Å². The molecule has 1 aromatic carbocycles. The molecule has 14 heavy (non-hydrogen) atoms. The smallest absolute Gasteiger partial charge is 0.264 e. The first kappa shape index (κ1) is 9.91. The summed E-state index contributed by atoms with van der Waals surface area (Å²) in [4.78, 5) is 10.6. The van der Waals surface area contributed by atoms with Crippen LogP contribution in [-0.2, 0) is 4.79 Å². The average Bonchev–Trinajstić information content (AvgIpc) is 2.11. The van der Waals surface area contributed by atoms with Gasteiger partial charge in [-0.2, -0.15) is 0 Å². The van der Waals surface area contributed by atoms with Crippen LogP contribution in [0.25, 0.3) is 6.08 Å². The Kier molecular flexibility index (Phi) is 2.62. The molecular formula is C9H10N2O3. The van der Waals surface area contributed by atoms with Crippen LogP contribution in [0, 0.1) is 0 Å². The van der Waals surface area contributed by atoms with Crippen molar-refractivity contribution in [2.75, 3.05) is 0 Å². The van der Waals surface area contributed by atoms with Gasteiger partial charge in [-0.15, -0.1) is 0 Å². The molecular weight excluding hydrogens is 184 g/mol. The lowest BCUT2D eigenvalue weighted by atomic mass is 10.1. The Labute approximate surface area is 80.3 Å². The van der Waals surface area contributed by atoms with Crippen LogP contribution in [0.15, 0.2) is 23.9 Å². The monoisotopic (exact) mass is 194 g/mol. The second-order valence-electron chi connectivity index (χ2n) is 2.71. The number of carbonyl (C=O) groups excluding carboxylic acids is 1. The van der Waals surface area contributed by atoms with Gasteiger partial charge >= 0.3 is 0 Å². The van der Waals surface area contributed by atoms with Crippen LogP contribution < -0.4 is 11.5 Å². The van der Waals surface area contributed by atoms with E-state index in [0.717, 1.165) is 0 Å². The van der Waals surface area contributed by atoms with E-state index in [1.807, 2.05) is 0 Å². The maximum absolute atomic E-state index is 10.6. The fraction of sp³-hybridized carbons (Fsp3) is 0. The summed E-state index contributed by atoms with van der Waals surface area (Å²) in [5, 5.41) is 18.1. The second kappa shape index (κ2) is 3.69. The first-order valence-corrected chi connectivity index (χ1v) is 3.79. The van der Waals surface area contributed by atoms with Crippen molar-refractivity contribution in [1.82, 2.24) is 0 Å². The van der Waals surface area contributed by atoms with Gasteiger partial charge in [-0.05, 0) is 23.8 Å². The Morgan fingerprint density at radius 2 is 1.86 bits per heavy atom. The molecule has 0 aliphatic rings. The third kappa shape index (κ3) is 2.16. The summed E-state index contributed by atoms with van der Waals surface area (Å²) in [6, 6.07) is 4.05. The zero-order valence-electron chi connectivity index (χ0n) is 7.27. The summed E-state index contributed by atoms with van der Waals surface area (Å²) in [5.74, 6) is -1.26. The number of hydrogen-bond donors (Lipinski definition) is 4. The summed E-state index contributed by atoms with van der Waals surface area (Å²) in [6.45, 7) is 0. The molecule has 0 radical (unpaired) electrons. The van der Waals surface area contributed by atoms with E-state index in [1.165, 1.54) is 24.3 Å². The van der Waals surface area contributed by atoms with Gasteiger partial charge < -0.3 is 21.7 Å². The molecule has 0 bridgehead atoms. The van der Waals surface area contributed by atoms with Crippen molar-refractivity contribution >= 4 is 12.0 Å². The van der Waals surface area contributed by atoms with E-state index in [0.29, 0.717) is 5.56 Å². The van der Waals surface area contributed by atoms with Crippen molar-refractivity contribution in [1.29, 1.82) is 0 Å². The molecule has 0 saturated heterocycles. The number of primary amides is 1. The number of rotatable bonds is 2. The summed E-state index contributed by atoms with van der Waals surface area (Å²) in [6.07, 6.45) is 1.31. The summed E-state index contributed by atoms with van der Waals surface area (Å²) in [5.41, 5.74) is 10.6. The number of phenols is 2. The highest BCUT2D eigenvalue weighted by molar-refractivity contribution is 5.95. The summed E-state index contributed by atoms with van der Waals surface area (Å²) < 4.78 is 0. The number of amides is 1. The molecule has 1 rings (SSSR count). The summed E-state index contributed by atoms with van der Waals surface area (Å²) >= 11 is 0. The van der Waals surface area contributed by atoms with Gasteiger partial charge in [-0.3, -0.25) is 4.79 Å². The van der Waals surface area contributed by atoms with Crippen molar-refractivity contribution in [3.8, 4) is 11.5 Å². The first-order valence-electron chi connectivity index (χ1n) is 3.79. The third-order valence-corrected chi connectivity index (χ3v) is 1.61. The minimum atomic E-state index is -0.738. The fourth-order valence-electron chi connectivity index (χ4n) is 0.881. The molecule has 5 heteroatoms. The standard InChI is InChI=1S/C9H10N2O3/c10-6(9(11)14)3-5-1-2-7(12)8(13)4-5/h1-4,12-13H,10H2,(H2,11,14). The van der Waals surface area contributed by atoms with Crippen LogP contribution in [0.5, 0.6) is 11.5 Å². The molecule has 0 unspecified atom stereocenters. The Morgan fingerprint density at radius 1 is 1.21 bits per heavy atom. The lowest BCUT2D eigenvalue weighted by Gasteiger charge is -1.99. The number of phenolic OH excluding ortho intramolecular Hbond substituents is 2. The predicted molar refractivity (Wildman–Crippen MR) is 51.1 cm³/mol. The van der Waals surface area contributed by atoms with E-state index in [4.69, 9.17) is 21.7 Å². The quantitative estimate of drug-likeness (QED) is 0.388. The molecule has 0 fully saturated rings. The third-order valence-electron chi connectivity index (χ3n) is 1.61. The van der Waals surface area contributed by atoms with Crippen molar-refractivity contribution in [2.45, 2.75) is 0 Å². The van der Waals surface area contributed by atoms with Gasteiger partial charge in [0.05, 0.1) is 5.70 Å². The predicted octanol–water partition coefficient (Wildman–Crippen LogP) is -0.117. The van der Waals surface area contributed by atoms with Gasteiger partial charge in [0.1, 0.15) is 0 Å². The second-order valence-corrected chi connectivity index (χ2v) is 2.71. The molecule has 1 amide bonds. The van der Waals surface area contributed by atoms with E-state index in [-0.39, 0.29) is 17.2 Å². The van der Waals surface area contributed by atoms with E-state index in [2.05, 4.69) is 0 Å². The molecule has 0 aliphatic heterocycles. The Hall–Kier alpha value is -2.17. The van der Waals surface area contributed by atoms with Crippen LogP contribution in [0.2, 0.25) is 0 Å². The number of nitrogens with two attached hydrogens (primary N) is 2. The molecule has 0 atom stereocenters. The van der Waals surface area contributed by atoms with E-state index in [1.54, 1.807) is 0 Å². The molecule has 0 heterocycles. The number of aromatic hydroxyl groups is 2. The first-order chi connectivity index (χ1) is 6.50. The fourth-order valence-corrected chi connectivity index (χ4v) is 0.881. The Morgan fingerprint density at radius 3 is 2.36 bits per heavy atom. The normalized spacial score (nSPS) is 11.3. The van der Waals surface area contributed by atoms with Crippen LogP contribution in [0.3, 0.4) is 0 Å². The highest BCUT2D eigenvalue weighted by atomic mass is 16.3.